The molecule has 0 nitrogen and oxygen atoms in total. The molecular weight excluding hydrogens is 242 g/mol. The van der Waals surface area contributed by atoms with Crippen LogP contribution in [-0.2, 0) is 0 Å². The summed E-state index contributed by atoms with van der Waals surface area (Å²) in [5.74, 6) is -0.934. The van der Waals surface area contributed by atoms with Crippen LogP contribution in [0.15, 0.2) is 36.4 Å². The molecule has 1 rings (SSSR count). The van der Waals surface area contributed by atoms with Crippen LogP contribution in [0.4, 0.5) is 8.78 Å². The zero-order chi connectivity index (χ0) is 14.6. The minimum absolute atomic E-state index is 0.136. The lowest BCUT2D eigenvalue weighted by Crippen LogP contribution is -2.00. The van der Waals surface area contributed by atoms with E-state index in [1.54, 1.807) is 13.0 Å². The predicted molar refractivity (Wildman–Crippen MR) is 77.2 cm³/mol. The van der Waals surface area contributed by atoms with Crippen LogP contribution in [0.3, 0.4) is 0 Å². The molecule has 0 aliphatic heterocycles. The van der Waals surface area contributed by atoms with Crippen LogP contribution in [0.25, 0.3) is 0 Å². The average molecular weight is 264 g/mol. The molecule has 0 amide bonds. The van der Waals surface area contributed by atoms with Gasteiger partial charge < -0.3 is 0 Å². The molecule has 0 heterocycles. The Kier molecular flexibility index (Phi) is 5.46. The van der Waals surface area contributed by atoms with E-state index in [2.05, 4.69) is 26.5 Å². The summed E-state index contributed by atoms with van der Waals surface area (Å²) in [4.78, 5) is 0. The second-order valence-corrected chi connectivity index (χ2v) is 5.43. The second-order valence-electron chi connectivity index (χ2n) is 5.43. The van der Waals surface area contributed by atoms with Gasteiger partial charge in [-0.15, -0.1) is 0 Å². The quantitative estimate of drug-likeness (QED) is 0.613. The molecule has 0 N–H and O–H groups in total. The van der Waals surface area contributed by atoms with Gasteiger partial charge >= 0.3 is 0 Å². The van der Waals surface area contributed by atoms with Crippen molar-refractivity contribution in [2.45, 2.75) is 40.0 Å². The molecule has 0 radical (unpaired) electrons. The smallest absolute Gasteiger partial charge is 0.161 e. The highest BCUT2D eigenvalue weighted by Crippen LogP contribution is 2.27. The SMILES string of the molecule is C=C/C(=C\C(C)C)CC(C)c1cc(C)c(F)c(F)c1. The number of rotatable bonds is 5. The third-order valence-electron chi connectivity index (χ3n) is 3.15. The van der Waals surface area contributed by atoms with Crippen molar-refractivity contribution in [3.8, 4) is 0 Å². The van der Waals surface area contributed by atoms with E-state index in [0.29, 0.717) is 11.5 Å². The minimum Gasteiger partial charge on any atom is -0.204 e. The van der Waals surface area contributed by atoms with Crippen LogP contribution in [0.2, 0.25) is 0 Å². The summed E-state index contributed by atoms with van der Waals surface area (Å²) in [6.45, 7) is 11.6. The molecule has 1 atom stereocenters. The summed E-state index contributed by atoms with van der Waals surface area (Å²) in [7, 11) is 0. The van der Waals surface area contributed by atoms with E-state index in [0.717, 1.165) is 17.6 Å². The number of halogens is 2. The van der Waals surface area contributed by atoms with Gasteiger partial charge in [0, 0.05) is 0 Å². The topological polar surface area (TPSA) is 0 Å². The van der Waals surface area contributed by atoms with Crippen molar-refractivity contribution in [3.05, 3.63) is 59.2 Å². The van der Waals surface area contributed by atoms with Gasteiger partial charge in [0.25, 0.3) is 0 Å². The Balaban J connectivity index is 2.95. The van der Waals surface area contributed by atoms with Crippen molar-refractivity contribution in [2.75, 3.05) is 0 Å². The molecule has 0 bridgehead atoms. The average Bonchev–Trinajstić information content (AvgIpc) is 2.33. The molecular formula is C17H22F2. The van der Waals surface area contributed by atoms with E-state index in [4.69, 9.17) is 0 Å². The molecule has 0 aliphatic rings. The van der Waals surface area contributed by atoms with Crippen LogP contribution in [0.1, 0.15) is 44.2 Å². The largest absolute Gasteiger partial charge is 0.204 e. The van der Waals surface area contributed by atoms with Gasteiger partial charge in [0.1, 0.15) is 0 Å². The van der Waals surface area contributed by atoms with Gasteiger partial charge in [0.05, 0.1) is 0 Å². The van der Waals surface area contributed by atoms with Crippen LogP contribution in [0, 0.1) is 24.5 Å². The molecule has 19 heavy (non-hydrogen) atoms. The maximum absolute atomic E-state index is 13.4. The zero-order valence-corrected chi connectivity index (χ0v) is 12.1. The number of allylic oxidation sites excluding steroid dienone is 3. The Bertz CT molecular complexity index is 461. The molecule has 0 spiro atoms. The first-order chi connectivity index (χ1) is 8.85. The van der Waals surface area contributed by atoms with E-state index >= 15 is 0 Å². The summed E-state index contributed by atoms with van der Waals surface area (Å²) in [5, 5.41) is 0. The highest BCUT2D eigenvalue weighted by Gasteiger charge is 2.13. The van der Waals surface area contributed by atoms with Crippen molar-refractivity contribution in [1.29, 1.82) is 0 Å². The van der Waals surface area contributed by atoms with Gasteiger partial charge in [-0.25, -0.2) is 8.78 Å². The summed E-state index contributed by atoms with van der Waals surface area (Å²) in [6.07, 6.45) is 4.77. The van der Waals surface area contributed by atoms with Gasteiger partial charge in [0.15, 0.2) is 11.6 Å². The Morgan fingerprint density at radius 1 is 1.26 bits per heavy atom. The van der Waals surface area contributed by atoms with Gasteiger partial charge in [0.2, 0.25) is 0 Å². The van der Waals surface area contributed by atoms with Crippen molar-refractivity contribution < 1.29 is 8.78 Å². The highest BCUT2D eigenvalue weighted by molar-refractivity contribution is 5.30. The third kappa shape index (κ3) is 4.30. The first-order valence-corrected chi connectivity index (χ1v) is 6.63. The fraction of sp³-hybridized carbons (Fsp3) is 0.412. The maximum atomic E-state index is 13.4. The van der Waals surface area contributed by atoms with E-state index in [1.807, 2.05) is 13.0 Å². The number of benzene rings is 1. The standard InChI is InChI=1S/C17H22F2/c1-6-14(7-11(2)3)8-12(4)15-9-13(5)17(19)16(18)10-15/h6-7,9-12H,1,8H2,2-5H3/b14-7+. The summed E-state index contributed by atoms with van der Waals surface area (Å²) in [6, 6.07) is 3.02. The van der Waals surface area contributed by atoms with E-state index in [9.17, 15) is 8.78 Å². The molecule has 1 aromatic rings. The Hall–Kier alpha value is -1.44. The van der Waals surface area contributed by atoms with Crippen LogP contribution >= 0.6 is 0 Å². The Labute approximate surface area is 114 Å². The van der Waals surface area contributed by atoms with Crippen molar-refractivity contribution >= 4 is 0 Å². The lowest BCUT2D eigenvalue weighted by atomic mass is 9.91. The molecule has 0 fully saturated rings. The molecule has 0 saturated heterocycles. The third-order valence-corrected chi connectivity index (χ3v) is 3.15. The molecule has 0 aliphatic carbocycles. The Morgan fingerprint density at radius 2 is 1.89 bits per heavy atom. The van der Waals surface area contributed by atoms with Gasteiger partial charge in [-0.3, -0.25) is 0 Å². The first-order valence-electron chi connectivity index (χ1n) is 6.63. The van der Waals surface area contributed by atoms with Crippen molar-refractivity contribution in [1.82, 2.24) is 0 Å². The van der Waals surface area contributed by atoms with Crippen molar-refractivity contribution in [2.24, 2.45) is 5.92 Å². The Morgan fingerprint density at radius 3 is 2.37 bits per heavy atom. The minimum atomic E-state index is -0.769. The number of hydrogen-bond acceptors (Lipinski definition) is 0. The van der Waals surface area contributed by atoms with Crippen LogP contribution < -0.4 is 0 Å². The first kappa shape index (κ1) is 15.6. The van der Waals surface area contributed by atoms with Crippen LogP contribution in [0.5, 0.6) is 0 Å². The molecule has 0 saturated carbocycles. The molecule has 1 aromatic carbocycles. The number of hydrogen-bond donors (Lipinski definition) is 0. The highest BCUT2D eigenvalue weighted by atomic mass is 19.2. The second kappa shape index (κ2) is 6.65. The number of aryl methyl sites for hydroxylation is 1. The predicted octanol–water partition coefficient (Wildman–Crippen LogP) is 5.54. The van der Waals surface area contributed by atoms with E-state index in [-0.39, 0.29) is 5.92 Å². The maximum Gasteiger partial charge on any atom is 0.161 e. The van der Waals surface area contributed by atoms with E-state index in [1.165, 1.54) is 6.07 Å². The van der Waals surface area contributed by atoms with E-state index < -0.39 is 11.6 Å². The normalized spacial score (nSPS) is 13.7. The monoisotopic (exact) mass is 264 g/mol. The van der Waals surface area contributed by atoms with Crippen molar-refractivity contribution in [3.63, 3.8) is 0 Å². The fourth-order valence-corrected chi connectivity index (χ4v) is 2.16. The lowest BCUT2D eigenvalue weighted by Gasteiger charge is -2.15. The summed E-state index contributed by atoms with van der Waals surface area (Å²) < 4.78 is 26.7. The van der Waals surface area contributed by atoms with Gasteiger partial charge in [-0.2, -0.15) is 0 Å². The van der Waals surface area contributed by atoms with Crippen LogP contribution in [-0.4, -0.2) is 0 Å². The molecule has 2 heteroatoms. The van der Waals surface area contributed by atoms with Gasteiger partial charge in [-0.1, -0.05) is 51.1 Å². The summed E-state index contributed by atoms with van der Waals surface area (Å²) >= 11 is 0. The molecule has 1 unspecified atom stereocenters. The zero-order valence-electron chi connectivity index (χ0n) is 12.1. The molecule has 104 valence electrons. The lowest BCUT2D eigenvalue weighted by molar-refractivity contribution is 0.500. The molecule has 0 aromatic heterocycles. The summed E-state index contributed by atoms with van der Waals surface area (Å²) in [5.41, 5.74) is 2.33. The van der Waals surface area contributed by atoms with Gasteiger partial charge in [-0.05, 0) is 42.4 Å². The fourth-order valence-electron chi connectivity index (χ4n) is 2.16.